The fourth-order valence-corrected chi connectivity index (χ4v) is 2.98. The van der Waals surface area contributed by atoms with Gasteiger partial charge in [0.2, 0.25) is 0 Å². The highest BCUT2D eigenvalue weighted by Crippen LogP contribution is 2.37. The Labute approximate surface area is 168 Å². The molecule has 2 N–H and O–H groups in total. The van der Waals surface area contributed by atoms with E-state index in [0.717, 1.165) is 17.0 Å². The molecule has 1 heterocycles. The predicted octanol–water partition coefficient (Wildman–Crippen LogP) is 4.22. The number of hydrogen-bond donors (Lipinski definition) is 2. The standard InChI is InChI=1S/C20H12N4O6/c25-17-9-11(23-19(27)13-3-1-2-4-14(13)20(23)28)5-7-15(17)21-22-16-8-6-12(24(29)30)10-18(16)26/h1-10,25-26H. The van der Waals surface area contributed by atoms with Gasteiger partial charge < -0.3 is 10.2 Å². The molecule has 3 aromatic rings. The molecule has 0 atom stereocenters. The molecule has 0 saturated heterocycles. The van der Waals surface area contributed by atoms with Gasteiger partial charge in [-0.2, -0.15) is 0 Å². The zero-order valence-electron chi connectivity index (χ0n) is 15.1. The van der Waals surface area contributed by atoms with Gasteiger partial charge in [0.25, 0.3) is 17.5 Å². The lowest BCUT2D eigenvalue weighted by molar-refractivity contribution is -0.384. The number of carbonyl (C=O) groups is 2. The van der Waals surface area contributed by atoms with Gasteiger partial charge in [0.05, 0.1) is 27.8 Å². The normalized spacial score (nSPS) is 13.1. The number of nitrogens with zero attached hydrogens (tertiary/aromatic N) is 4. The lowest BCUT2D eigenvalue weighted by atomic mass is 10.1. The number of hydrogen-bond acceptors (Lipinski definition) is 8. The van der Waals surface area contributed by atoms with Crippen LogP contribution in [-0.2, 0) is 0 Å². The minimum atomic E-state index is -0.662. The van der Waals surface area contributed by atoms with E-state index in [9.17, 15) is 29.9 Å². The summed E-state index contributed by atoms with van der Waals surface area (Å²) in [6, 6.07) is 13.7. The lowest BCUT2D eigenvalue weighted by Crippen LogP contribution is -2.29. The highest BCUT2D eigenvalue weighted by atomic mass is 16.6. The van der Waals surface area contributed by atoms with Gasteiger partial charge in [0.1, 0.15) is 22.9 Å². The van der Waals surface area contributed by atoms with Crippen LogP contribution in [0.15, 0.2) is 70.9 Å². The Morgan fingerprint density at radius 2 is 1.33 bits per heavy atom. The van der Waals surface area contributed by atoms with Crippen LogP contribution in [0, 0.1) is 10.1 Å². The summed E-state index contributed by atoms with van der Waals surface area (Å²) in [6.07, 6.45) is 0. The first-order valence-corrected chi connectivity index (χ1v) is 8.57. The number of benzene rings is 3. The van der Waals surface area contributed by atoms with Crippen LogP contribution in [0.3, 0.4) is 0 Å². The third kappa shape index (κ3) is 3.11. The largest absolute Gasteiger partial charge is 0.506 e. The van der Waals surface area contributed by atoms with Crippen molar-refractivity contribution in [2.75, 3.05) is 4.90 Å². The van der Waals surface area contributed by atoms with Crippen LogP contribution >= 0.6 is 0 Å². The summed E-state index contributed by atoms with van der Waals surface area (Å²) in [4.78, 5) is 36.1. The molecule has 4 rings (SSSR count). The lowest BCUT2D eigenvalue weighted by Gasteiger charge is -2.14. The number of nitro benzene ring substituents is 1. The van der Waals surface area contributed by atoms with Crippen LogP contribution in [0.5, 0.6) is 11.5 Å². The number of azo groups is 1. The molecule has 1 aliphatic heterocycles. The molecule has 3 aromatic carbocycles. The van der Waals surface area contributed by atoms with E-state index in [2.05, 4.69) is 10.2 Å². The van der Waals surface area contributed by atoms with E-state index < -0.39 is 22.5 Å². The van der Waals surface area contributed by atoms with Crippen molar-refractivity contribution in [1.29, 1.82) is 0 Å². The Hall–Kier alpha value is -4.60. The zero-order chi connectivity index (χ0) is 21.4. The molecule has 10 nitrogen and oxygen atoms in total. The van der Waals surface area contributed by atoms with Crippen LogP contribution in [0.25, 0.3) is 0 Å². The average molecular weight is 404 g/mol. The molecule has 0 saturated carbocycles. The van der Waals surface area contributed by atoms with Gasteiger partial charge >= 0.3 is 0 Å². The number of aromatic hydroxyl groups is 2. The number of carbonyl (C=O) groups excluding carboxylic acids is 2. The van der Waals surface area contributed by atoms with Gasteiger partial charge in [-0.1, -0.05) is 12.1 Å². The topological polar surface area (TPSA) is 146 Å². The molecule has 0 fully saturated rings. The van der Waals surface area contributed by atoms with Gasteiger partial charge in [-0.25, -0.2) is 4.90 Å². The van der Waals surface area contributed by atoms with Gasteiger partial charge in [0, 0.05) is 12.1 Å². The third-order valence-corrected chi connectivity index (χ3v) is 4.45. The molecule has 10 heteroatoms. The molecule has 2 amide bonds. The number of imide groups is 1. The highest BCUT2D eigenvalue weighted by Gasteiger charge is 2.36. The summed E-state index contributed by atoms with van der Waals surface area (Å²) in [7, 11) is 0. The first kappa shape index (κ1) is 18.7. The maximum Gasteiger partial charge on any atom is 0.273 e. The molecule has 0 aliphatic carbocycles. The maximum atomic E-state index is 12.5. The Balaban J connectivity index is 1.61. The van der Waals surface area contributed by atoms with Gasteiger partial charge in [-0.3, -0.25) is 19.7 Å². The summed E-state index contributed by atoms with van der Waals surface area (Å²) in [5.74, 6) is -1.80. The molecule has 0 bridgehead atoms. The third-order valence-electron chi connectivity index (χ3n) is 4.45. The van der Waals surface area contributed by atoms with E-state index >= 15 is 0 Å². The van der Waals surface area contributed by atoms with Gasteiger partial charge in [0.15, 0.2) is 0 Å². The van der Waals surface area contributed by atoms with Crippen molar-refractivity contribution >= 4 is 34.6 Å². The molecule has 1 aliphatic rings. The molecule has 0 unspecified atom stereocenters. The smallest absolute Gasteiger partial charge is 0.273 e. The first-order chi connectivity index (χ1) is 14.4. The molecule has 0 radical (unpaired) electrons. The quantitative estimate of drug-likeness (QED) is 0.288. The van der Waals surface area contributed by atoms with Crippen LogP contribution in [0.4, 0.5) is 22.7 Å². The van der Waals surface area contributed by atoms with Crippen LogP contribution in [-0.4, -0.2) is 27.0 Å². The van der Waals surface area contributed by atoms with Crippen molar-refractivity contribution in [2.45, 2.75) is 0 Å². The van der Waals surface area contributed by atoms with E-state index in [-0.39, 0.29) is 39.6 Å². The first-order valence-electron chi connectivity index (χ1n) is 8.57. The number of amides is 2. The van der Waals surface area contributed by atoms with Crippen LogP contribution in [0.1, 0.15) is 20.7 Å². The molecule has 30 heavy (non-hydrogen) atoms. The number of non-ortho nitro benzene ring substituents is 1. The van der Waals surface area contributed by atoms with E-state index in [4.69, 9.17) is 0 Å². The van der Waals surface area contributed by atoms with Crippen LogP contribution in [0.2, 0.25) is 0 Å². The van der Waals surface area contributed by atoms with Crippen molar-refractivity contribution in [3.8, 4) is 11.5 Å². The molecular formula is C20H12N4O6. The van der Waals surface area contributed by atoms with E-state index in [1.54, 1.807) is 24.3 Å². The fourth-order valence-electron chi connectivity index (χ4n) is 2.98. The SMILES string of the molecule is O=C1c2ccccc2C(=O)N1c1ccc(N=Nc2ccc([N+](=O)[O-])cc2O)c(O)c1. The second-order valence-electron chi connectivity index (χ2n) is 6.29. The number of phenols is 2. The maximum absolute atomic E-state index is 12.5. The molecule has 0 spiro atoms. The number of nitro groups is 1. The molecule has 148 valence electrons. The summed E-state index contributed by atoms with van der Waals surface area (Å²) in [6.45, 7) is 0. The second-order valence-corrected chi connectivity index (χ2v) is 6.29. The van der Waals surface area contributed by atoms with E-state index in [0.29, 0.717) is 0 Å². The van der Waals surface area contributed by atoms with E-state index in [1.165, 1.54) is 24.3 Å². The predicted molar refractivity (Wildman–Crippen MR) is 105 cm³/mol. The van der Waals surface area contributed by atoms with Crippen molar-refractivity contribution in [2.24, 2.45) is 10.2 Å². The Morgan fingerprint density at radius 3 is 1.83 bits per heavy atom. The Morgan fingerprint density at radius 1 is 0.800 bits per heavy atom. The van der Waals surface area contributed by atoms with Crippen molar-refractivity contribution in [3.05, 3.63) is 81.9 Å². The van der Waals surface area contributed by atoms with Crippen molar-refractivity contribution < 1.29 is 24.7 Å². The second kappa shape index (κ2) is 7.09. The zero-order valence-corrected chi connectivity index (χ0v) is 15.1. The minimum absolute atomic E-state index is 0.00751. The minimum Gasteiger partial charge on any atom is -0.506 e. The summed E-state index contributed by atoms with van der Waals surface area (Å²) in [5, 5.41) is 38.4. The van der Waals surface area contributed by atoms with Crippen molar-refractivity contribution in [1.82, 2.24) is 0 Å². The van der Waals surface area contributed by atoms with Gasteiger partial charge in [-0.15, -0.1) is 10.2 Å². The van der Waals surface area contributed by atoms with Crippen LogP contribution < -0.4 is 4.90 Å². The Kier molecular flexibility index (Phi) is 4.43. The highest BCUT2D eigenvalue weighted by molar-refractivity contribution is 6.34. The number of rotatable bonds is 4. The van der Waals surface area contributed by atoms with Crippen molar-refractivity contribution in [3.63, 3.8) is 0 Å². The monoisotopic (exact) mass is 404 g/mol. The van der Waals surface area contributed by atoms with Gasteiger partial charge in [-0.05, 0) is 30.3 Å². The number of anilines is 1. The number of phenolic OH excluding ortho intramolecular Hbond substituents is 2. The molecule has 0 aromatic heterocycles. The summed E-state index contributed by atoms with van der Waals surface area (Å²) >= 11 is 0. The van der Waals surface area contributed by atoms with E-state index in [1.807, 2.05) is 0 Å². The molecular weight excluding hydrogens is 392 g/mol. The fraction of sp³-hybridized carbons (Fsp3) is 0. The number of fused-ring (bicyclic) bond motifs is 1. The average Bonchev–Trinajstić information content (AvgIpc) is 2.98. The Bertz CT molecular complexity index is 1220. The summed E-state index contributed by atoms with van der Waals surface area (Å²) < 4.78 is 0. The summed E-state index contributed by atoms with van der Waals surface area (Å²) in [5.41, 5.74) is 0.381.